The van der Waals surface area contributed by atoms with Gasteiger partial charge in [0.25, 0.3) is 0 Å². The lowest BCUT2D eigenvalue weighted by molar-refractivity contribution is -0.130. The van der Waals surface area contributed by atoms with Crippen molar-refractivity contribution in [2.24, 2.45) is 5.92 Å². The zero-order chi connectivity index (χ0) is 16.8. The first-order chi connectivity index (χ1) is 11.0. The summed E-state index contributed by atoms with van der Waals surface area (Å²) in [7, 11) is 0. The summed E-state index contributed by atoms with van der Waals surface area (Å²) in [5, 5.41) is 2.94. The molecule has 0 bridgehead atoms. The van der Waals surface area contributed by atoms with Gasteiger partial charge in [0.05, 0.1) is 6.10 Å². The predicted molar refractivity (Wildman–Crippen MR) is 90.3 cm³/mol. The molecule has 1 aliphatic rings. The van der Waals surface area contributed by atoms with Crippen LogP contribution in [0.2, 0.25) is 0 Å². The molecular weight excluding hydrogens is 292 g/mol. The van der Waals surface area contributed by atoms with E-state index < -0.39 is 0 Å². The molecule has 0 saturated carbocycles. The summed E-state index contributed by atoms with van der Waals surface area (Å²) >= 11 is 0. The van der Waals surface area contributed by atoms with Crippen molar-refractivity contribution >= 4 is 17.5 Å². The van der Waals surface area contributed by atoms with Crippen molar-refractivity contribution < 1.29 is 14.3 Å². The molecule has 1 fully saturated rings. The van der Waals surface area contributed by atoms with Gasteiger partial charge in [-0.1, -0.05) is 12.6 Å². The number of carbonyl (C=O) groups excluding carboxylic acids is 2. The summed E-state index contributed by atoms with van der Waals surface area (Å²) in [6.07, 6.45) is 2.76. The van der Waals surface area contributed by atoms with E-state index in [1.807, 2.05) is 38.1 Å². The van der Waals surface area contributed by atoms with Gasteiger partial charge in [-0.15, -0.1) is 0 Å². The number of rotatable bonds is 5. The SMILES string of the molecule is C=CC(=O)N1CCC(C(=O)Nc2cccc(OC(C)C)c2)CC1. The number of nitrogens with zero attached hydrogens (tertiary/aromatic N) is 1. The molecule has 2 amide bonds. The third kappa shape index (κ3) is 4.84. The number of hydrogen-bond acceptors (Lipinski definition) is 3. The summed E-state index contributed by atoms with van der Waals surface area (Å²) in [5.41, 5.74) is 0.734. The maximum Gasteiger partial charge on any atom is 0.245 e. The van der Waals surface area contributed by atoms with Crippen LogP contribution in [0.25, 0.3) is 0 Å². The smallest absolute Gasteiger partial charge is 0.245 e. The molecule has 1 heterocycles. The Bertz CT molecular complexity index is 575. The second kappa shape index (κ2) is 7.81. The van der Waals surface area contributed by atoms with Crippen LogP contribution in [0.4, 0.5) is 5.69 Å². The topological polar surface area (TPSA) is 58.6 Å². The first-order valence-electron chi connectivity index (χ1n) is 7.98. The lowest BCUT2D eigenvalue weighted by Crippen LogP contribution is -2.40. The molecule has 0 radical (unpaired) electrons. The first-order valence-corrected chi connectivity index (χ1v) is 7.98. The van der Waals surface area contributed by atoms with Gasteiger partial charge in [0.15, 0.2) is 0 Å². The van der Waals surface area contributed by atoms with Crippen LogP contribution in [0.1, 0.15) is 26.7 Å². The van der Waals surface area contributed by atoms with E-state index in [2.05, 4.69) is 11.9 Å². The van der Waals surface area contributed by atoms with Gasteiger partial charge in [-0.25, -0.2) is 0 Å². The highest BCUT2D eigenvalue weighted by Crippen LogP contribution is 2.22. The minimum Gasteiger partial charge on any atom is -0.491 e. The fourth-order valence-corrected chi connectivity index (χ4v) is 2.65. The zero-order valence-corrected chi connectivity index (χ0v) is 13.7. The van der Waals surface area contributed by atoms with E-state index in [1.165, 1.54) is 6.08 Å². The molecule has 0 unspecified atom stereocenters. The van der Waals surface area contributed by atoms with E-state index in [4.69, 9.17) is 4.74 Å². The van der Waals surface area contributed by atoms with Crippen molar-refractivity contribution in [3.05, 3.63) is 36.9 Å². The predicted octanol–water partition coefficient (Wildman–Crippen LogP) is 2.84. The molecule has 0 atom stereocenters. The quantitative estimate of drug-likeness (QED) is 0.850. The van der Waals surface area contributed by atoms with Crippen LogP contribution >= 0.6 is 0 Å². The van der Waals surface area contributed by atoms with E-state index in [0.29, 0.717) is 25.9 Å². The maximum absolute atomic E-state index is 12.4. The van der Waals surface area contributed by atoms with Gasteiger partial charge in [0.2, 0.25) is 11.8 Å². The Balaban J connectivity index is 1.90. The van der Waals surface area contributed by atoms with Crippen LogP contribution in [0.3, 0.4) is 0 Å². The number of ether oxygens (including phenoxy) is 1. The highest BCUT2D eigenvalue weighted by molar-refractivity contribution is 5.93. The minimum atomic E-state index is -0.0708. The van der Waals surface area contributed by atoms with E-state index in [9.17, 15) is 9.59 Å². The average molecular weight is 316 g/mol. The largest absolute Gasteiger partial charge is 0.491 e. The number of amides is 2. The molecule has 23 heavy (non-hydrogen) atoms. The van der Waals surface area contributed by atoms with E-state index in [-0.39, 0.29) is 23.8 Å². The van der Waals surface area contributed by atoms with Gasteiger partial charge in [-0.05, 0) is 44.9 Å². The zero-order valence-electron chi connectivity index (χ0n) is 13.7. The van der Waals surface area contributed by atoms with Crippen LogP contribution in [0.15, 0.2) is 36.9 Å². The monoisotopic (exact) mass is 316 g/mol. The Labute approximate surface area is 137 Å². The summed E-state index contributed by atoms with van der Waals surface area (Å²) in [4.78, 5) is 25.7. The molecule has 1 aromatic rings. The lowest BCUT2D eigenvalue weighted by atomic mass is 9.95. The van der Waals surface area contributed by atoms with Crippen molar-refractivity contribution in [2.75, 3.05) is 18.4 Å². The summed E-state index contributed by atoms with van der Waals surface area (Å²) in [5.74, 6) is 0.600. The Morgan fingerprint density at radius 3 is 2.65 bits per heavy atom. The Hall–Kier alpha value is -2.30. The molecule has 1 aliphatic heterocycles. The molecular formula is C18H24N2O3. The van der Waals surface area contributed by atoms with Crippen molar-refractivity contribution in [2.45, 2.75) is 32.8 Å². The normalized spacial score (nSPS) is 15.3. The summed E-state index contributed by atoms with van der Waals surface area (Å²) < 4.78 is 5.63. The van der Waals surface area contributed by atoms with Crippen LogP contribution in [0, 0.1) is 5.92 Å². The fourth-order valence-electron chi connectivity index (χ4n) is 2.65. The second-order valence-electron chi connectivity index (χ2n) is 5.99. The molecule has 0 spiro atoms. The van der Waals surface area contributed by atoms with Crippen LogP contribution in [-0.4, -0.2) is 35.9 Å². The Kier molecular flexibility index (Phi) is 5.79. The van der Waals surface area contributed by atoms with Crippen molar-refractivity contribution in [1.29, 1.82) is 0 Å². The first kappa shape index (κ1) is 17.1. The summed E-state index contributed by atoms with van der Waals surface area (Å²) in [6.45, 7) is 8.61. The number of carbonyl (C=O) groups is 2. The molecule has 5 heteroatoms. The number of hydrogen-bond donors (Lipinski definition) is 1. The summed E-state index contributed by atoms with van der Waals surface area (Å²) in [6, 6.07) is 7.41. The van der Waals surface area contributed by atoms with Crippen molar-refractivity contribution in [3.8, 4) is 5.75 Å². The van der Waals surface area contributed by atoms with Crippen LogP contribution < -0.4 is 10.1 Å². The van der Waals surface area contributed by atoms with Gasteiger partial charge in [-0.3, -0.25) is 9.59 Å². The van der Waals surface area contributed by atoms with Gasteiger partial charge < -0.3 is 15.0 Å². The standard InChI is InChI=1S/C18H24N2O3/c1-4-17(21)20-10-8-14(9-11-20)18(22)19-15-6-5-7-16(12-15)23-13(2)3/h4-7,12-14H,1,8-11H2,2-3H3,(H,19,22). The molecule has 1 aromatic carbocycles. The number of nitrogens with one attached hydrogen (secondary N) is 1. The van der Waals surface area contributed by atoms with Gasteiger partial charge in [-0.2, -0.15) is 0 Å². The van der Waals surface area contributed by atoms with Crippen LogP contribution in [0.5, 0.6) is 5.75 Å². The molecule has 5 nitrogen and oxygen atoms in total. The third-order valence-corrected chi connectivity index (χ3v) is 3.83. The van der Waals surface area contributed by atoms with Gasteiger partial charge >= 0.3 is 0 Å². The van der Waals surface area contributed by atoms with Gasteiger partial charge in [0.1, 0.15) is 5.75 Å². The number of piperidine rings is 1. The number of likely N-dealkylation sites (tertiary alicyclic amines) is 1. The van der Waals surface area contributed by atoms with Crippen LogP contribution in [-0.2, 0) is 9.59 Å². The van der Waals surface area contributed by atoms with Gasteiger partial charge in [0, 0.05) is 30.8 Å². The Morgan fingerprint density at radius 2 is 2.04 bits per heavy atom. The van der Waals surface area contributed by atoms with Crippen molar-refractivity contribution in [1.82, 2.24) is 4.90 Å². The molecule has 124 valence electrons. The second-order valence-corrected chi connectivity index (χ2v) is 5.99. The molecule has 2 rings (SSSR count). The molecule has 0 aliphatic carbocycles. The molecule has 1 saturated heterocycles. The highest BCUT2D eigenvalue weighted by Gasteiger charge is 2.26. The Morgan fingerprint density at radius 1 is 1.35 bits per heavy atom. The molecule has 0 aromatic heterocycles. The van der Waals surface area contributed by atoms with E-state index >= 15 is 0 Å². The lowest BCUT2D eigenvalue weighted by Gasteiger charge is -2.30. The molecule has 1 N–H and O–H groups in total. The number of anilines is 1. The van der Waals surface area contributed by atoms with E-state index in [0.717, 1.165) is 11.4 Å². The third-order valence-electron chi connectivity index (χ3n) is 3.83. The maximum atomic E-state index is 12.4. The van der Waals surface area contributed by atoms with Crippen molar-refractivity contribution in [3.63, 3.8) is 0 Å². The average Bonchev–Trinajstić information content (AvgIpc) is 2.54. The van der Waals surface area contributed by atoms with E-state index in [1.54, 1.807) is 4.90 Å². The minimum absolute atomic E-state index is 0.00241. The fraction of sp³-hybridized carbons (Fsp3) is 0.444. The number of benzene rings is 1. The highest BCUT2D eigenvalue weighted by atomic mass is 16.5.